The number of aliphatic carboxylic acids is 1. The number of benzene rings is 2. The Balaban J connectivity index is 2.16. The van der Waals surface area contributed by atoms with Gasteiger partial charge in [0.15, 0.2) is 0 Å². The third-order valence-corrected chi connectivity index (χ3v) is 2.66. The zero-order valence-electron chi connectivity index (χ0n) is 9.67. The van der Waals surface area contributed by atoms with E-state index in [0.29, 0.717) is 5.56 Å². The molecule has 0 heterocycles. The van der Waals surface area contributed by atoms with Crippen molar-refractivity contribution in [2.75, 3.05) is 0 Å². The van der Waals surface area contributed by atoms with E-state index in [1.54, 1.807) is 12.1 Å². The van der Waals surface area contributed by atoms with Crippen molar-refractivity contribution in [3.63, 3.8) is 0 Å². The molecule has 0 aliphatic heterocycles. The Morgan fingerprint density at radius 2 is 1.39 bits per heavy atom. The summed E-state index contributed by atoms with van der Waals surface area (Å²) in [6.45, 7) is 0. The Morgan fingerprint density at radius 3 is 1.94 bits per heavy atom. The third kappa shape index (κ3) is 2.83. The van der Waals surface area contributed by atoms with Crippen LogP contribution in [0.5, 0.6) is 0 Å². The van der Waals surface area contributed by atoms with Gasteiger partial charge in [0.25, 0.3) is 0 Å². The van der Waals surface area contributed by atoms with Gasteiger partial charge in [-0.2, -0.15) is 0 Å². The van der Waals surface area contributed by atoms with Gasteiger partial charge in [-0.1, -0.05) is 54.6 Å². The molecule has 2 aromatic rings. The Hall–Kier alpha value is -2.42. The van der Waals surface area contributed by atoms with Gasteiger partial charge in [0.1, 0.15) is 0 Å². The summed E-state index contributed by atoms with van der Waals surface area (Å²) in [6, 6.07) is 17.2. The van der Waals surface area contributed by atoms with Gasteiger partial charge in [0, 0.05) is 6.42 Å². The molecule has 0 saturated heterocycles. The van der Waals surface area contributed by atoms with E-state index in [-0.39, 0.29) is 6.42 Å². The monoisotopic (exact) mass is 240 g/mol. The number of ketones is 1. The largest absolute Gasteiger partial charge is 0.475 e. The van der Waals surface area contributed by atoms with E-state index in [1.807, 2.05) is 42.5 Å². The van der Waals surface area contributed by atoms with Crippen molar-refractivity contribution in [3.05, 3.63) is 60.2 Å². The third-order valence-electron chi connectivity index (χ3n) is 2.66. The van der Waals surface area contributed by atoms with Crippen molar-refractivity contribution in [2.24, 2.45) is 0 Å². The minimum Gasteiger partial charge on any atom is -0.475 e. The van der Waals surface area contributed by atoms with E-state index in [1.165, 1.54) is 0 Å². The SMILES string of the molecule is O=C(O)C(=O)Cc1ccc(-c2ccccc2)cc1. The number of rotatable bonds is 4. The van der Waals surface area contributed by atoms with Crippen LogP contribution in [0.3, 0.4) is 0 Å². The van der Waals surface area contributed by atoms with Crippen LogP contribution in [0.25, 0.3) is 11.1 Å². The van der Waals surface area contributed by atoms with E-state index >= 15 is 0 Å². The molecule has 0 unspecified atom stereocenters. The second kappa shape index (κ2) is 5.27. The molecule has 0 bridgehead atoms. The highest BCUT2D eigenvalue weighted by atomic mass is 16.4. The van der Waals surface area contributed by atoms with Crippen molar-refractivity contribution in [1.82, 2.24) is 0 Å². The first kappa shape index (κ1) is 12.0. The molecule has 0 spiro atoms. The van der Waals surface area contributed by atoms with Crippen molar-refractivity contribution < 1.29 is 14.7 Å². The number of carbonyl (C=O) groups excluding carboxylic acids is 1. The molecule has 0 fully saturated rings. The van der Waals surface area contributed by atoms with E-state index in [4.69, 9.17) is 5.11 Å². The summed E-state index contributed by atoms with van der Waals surface area (Å²) < 4.78 is 0. The van der Waals surface area contributed by atoms with Crippen LogP contribution in [0.1, 0.15) is 5.56 Å². The van der Waals surface area contributed by atoms with Crippen LogP contribution in [0.4, 0.5) is 0 Å². The maximum absolute atomic E-state index is 11.1. The molecular weight excluding hydrogens is 228 g/mol. The van der Waals surface area contributed by atoms with Crippen LogP contribution in [0, 0.1) is 0 Å². The summed E-state index contributed by atoms with van der Waals surface area (Å²) in [5.41, 5.74) is 2.85. The summed E-state index contributed by atoms with van der Waals surface area (Å²) in [5.74, 6) is -2.18. The quantitative estimate of drug-likeness (QED) is 0.835. The lowest BCUT2D eigenvalue weighted by Crippen LogP contribution is -2.14. The number of hydrogen-bond donors (Lipinski definition) is 1. The molecule has 0 aliphatic carbocycles. The summed E-state index contributed by atoms with van der Waals surface area (Å²) >= 11 is 0. The number of hydrogen-bond acceptors (Lipinski definition) is 2. The molecular formula is C15H12O3. The lowest BCUT2D eigenvalue weighted by atomic mass is 10.0. The van der Waals surface area contributed by atoms with Gasteiger partial charge in [-0.25, -0.2) is 4.79 Å². The summed E-state index contributed by atoms with van der Waals surface area (Å²) in [6.07, 6.45) is -0.0651. The van der Waals surface area contributed by atoms with Crippen LogP contribution < -0.4 is 0 Å². The fourth-order valence-corrected chi connectivity index (χ4v) is 1.71. The van der Waals surface area contributed by atoms with Crippen LogP contribution in [-0.4, -0.2) is 16.9 Å². The molecule has 90 valence electrons. The minimum absolute atomic E-state index is 0.0651. The highest BCUT2D eigenvalue weighted by Crippen LogP contribution is 2.19. The first-order valence-electron chi connectivity index (χ1n) is 5.57. The number of Topliss-reactive ketones (excluding diaryl/α,β-unsaturated/α-hetero) is 1. The zero-order chi connectivity index (χ0) is 13.0. The van der Waals surface area contributed by atoms with Crippen LogP contribution >= 0.6 is 0 Å². The number of carboxylic acids is 1. The highest BCUT2D eigenvalue weighted by Gasteiger charge is 2.11. The summed E-state index contributed by atoms with van der Waals surface area (Å²) in [4.78, 5) is 21.5. The first-order chi connectivity index (χ1) is 8.66. The van der Waals surface area contributed by atoms with Gasteiger partial charge >= 0.3 is 5.97 Å². The molecule has 3 nitrogen and oxygen atoms in total. The van der Waals surface area contributed by atoms with Crippen LogP contribution in [0.15, 0.2) is 54.6 Å². The van der Waals surface area contributed by atoms with E-state index in [9.17, 15) is 9.59 Å². The van der Waals surface area contributed by atoms with Crippen LogP contribution in [-0.2, 0) is 16.0 Å². The van der Waals surface area contributed by atoms with Crippen molar-refractivity contribution in [3.8, 4) is 11.1 Å². The molecule has 18 heavy (non-hydrogen) atoms. The first-order valence-corrected chi connectivity index (χ1v) is 5.57. The lowest BCUT2D eigenvalue weighted by molar-refractivity contribution is -0.148. The number of carboxylic acid groups (broad SMARTS) is 1. The zero-order valence-corrected chi connectivity index (χ0v) is 9.67. The molecule has 2 aromatic carbocycles. The van der Waals surface area contributed by atoms with Gasteiger partial charge in [0.2, 0.25) is 5.78 Å². The van der Waals surface area contributed by atoms with Crippen molar-refractivity contribution in [1.29, 1.82) is 0 Å². The Kier molecular flexibility index (Phi) is 3.53. The molecule has 0 radical (unpaired) electrons. The van der Waals surface area contributed by atoms with Gasteiger partial charge in [-0.05, 0) is 16.7 Å². The lowest BCUT2D eigenvalue weighted by Gasteiger charge is -2.03. The second-order valence-corrected chi connectivity index (χ2v) is 3.97. The summed E-state index contributed by atoms with van der Waals surface area (Å²) in [7, 11) is 0. The predicted octanol–water partition coefficient (Wildman–Crippen LogP) is 2.55. The van der Waals surface area contributed by atoms with Gasteiger partial charge in [0.05, 0.1) is 0 Å². The maximum atomic E-state index is 11.1. The molecule has 1 N–H and O–H groups in total. The van der Waals surface area contributed by atoms with E-state index in [0.717, 1.165) is 11.1 Å². The molecule has 0 aromatic heterocycles. The Morgan fingerprint density at radius 1 is 0.833 bits per heavy atom. The molecule has 0 saturated carbocycles. The molecule has 0 aliphatic rings. The second-order valence-electron chi connectivity index (χ2n) is 3.97. The fourth-order valence-electron chi connectivity index (χ4n) is 1.71. The molecule has 0 atom stereocenters. The topological polar surface area (TPSA) is 54.4 Å². The smallest absolute Gasteiger partial charge is 0.372 e. The van der Waals surface area contributed by atoms with Crippen LogP contribution in [0.2, 0.25) is 0 Å². The fraction of sp³-hybridized carbons (Fsp3) is 0.0667. The average Bonchev–Trinajstić information content (AvgIpc) is 2.40. The van der Waals surface area contributed by atoms with E-state index < -0.39 is 11.8 Å². The standard InChI is InChI=1S/C15H12O3/c16-14(15(17)18)10-11-6-8-13(9-7-11)12-4-2-1-3-5-12/h1-9H,10H2,(H,17,18). The molecule has 0 amide bonds. The highest BCUT2D eigenvalue weighted by molar-refractivity contribution is 6.33. The maximum Gasteiger partial charge on any atom is 0.372 e. The average molecular weight is 240 g/mol. The molecule has 2 rings (SSSR count). The number of carbonyl (C=O) groups is 2. The van der Waals surface area contributed by atoms with Crippen molar-refractivity contribution in [2.45, 2.75) is 6.42 Å². The molecule has 3 heteroatoms. The van der Waals surface area contributed by atoms with Gasteiger partial charge in [-0.15, -0.1) is 0 Å². The predicted molar refractivity (Wildman–Crippen MR) is 68.2 cm³/mol. The Bertz CT molecular complexity index is 556. The van der Waals surface area contributed by atoms with Gasteiger partial charge < -0.3 is 5.11 Å². The van der Waals surface area contributed by atoms with E-state index in [2.05, 4.69) is 0 Å². The normalized spacial score (nSPS) is 10.0. The Labute approximate surface area is 105 Å². The summed E-state index contributed by atoms with van der Waals surface area (Å²) in [5, 5.41) is 8.53. The minimum atomic E-state index is -1.39. The van der Waals surface area contributed by atoms with Crippen molar-refractivity contribution >= 4 is 11.8 Å². The van der Waals surface area contributed by atoms with Gasteiger partial charge in [-0.3, -0.25) is 4.79 Å².